The summed E-state index contributed by atoms with van der Waals surface area (Å²) >= 11 is 0. The van der Waals surface area contributed by atoms with Crippen LogP contribution in [0.4, 0.5) is 22.4 Å². The van der Waals surface area contributed by atoms with Gasteiger partial charge in [0.15, 0.2) is 5.82 Å². The molecule has 0 spiro atoms. The number of anilines is 3. The Morgan fingerprint density at radius 3 is 2.84 bits per heavy atom. The summed E-state index contributed by atoms with van der Waals surface area (Å²) < 4.78 is 0. The molecule has 0 radical (unpaired) electrons. The highest BCUT2D eigenvalue weighted by Gasteiger charge is 2.46. The molecule has 1 aromatic carbocycles. The van der Waals surface area contributed by atoms with Crippen molar-refractivity contribution in [2.24, 2.45) is 0 Å². The van der Waals surface area contributed by atoms with E-state index in [2.05, 4.69) is 31.8 Å². The standard InChI is InChI=1S/C22H26N8O/c1-2-23-22(31)30-12-14-9-15(30)11-29(14)21-24-17-6-4-3-5-16(17)20(26-21)25-19-10-18(27-28-19)13-7-8-13/h3-6,10,13-15H,2,7-9,11-12H2,1H3,(H,23,31)(H2,24,25,26,27,28). The van der Waals surface area contributed by atoms with Gasteiger partial charge in [-0.3, -0.25) is 5.10 Å². The first-order valence-corrected chi connectivity index (χ1v) is 11.1. The van der Waals surface area contributed by atoms with Crippen LogP contribution in [0.3, 0.4) is 0 Å². The number of H-pyrrole nitrogens is 1. The third-order valence-electron chi connectivity index (χ3n) is 6.54. The van der Waals surface area contributed by atoms with Crippen LogP contribution in [-0.2, 0) is 0 Å². The van der Waals surface area contributed by atoms with Crippen molar-refractivity contribution in [1.29, 1.82) is 0 Å². The number of carbonyl (C=O) groups excluding carboxylic acids is 1. The molecule has 2 saturated heterocycles. The van der Waals surface area contributed by atoms with E-state index in [1.54, 1.807) is 0 Å². The van der Waals surface area contributed by atoms with E-state index in [9.17, 15) is 4.79 Å². The van der Waals surface area contributed by atoms with Gasteiger partial charge in [-0.1, -0.05) is 12.1 Å². The summed E-state index contributed by atoms with van der Waals surface area (Å²) in [6, 6.07) is 10.6. The number of nitrogens with one attached hydrogen (secondary N) is 3. The van der Waals surface area contributed by atoms with Crippen molar-refractivity contribution in [3.63, 3.8) is 0 Å². The minimum atomic E-state index is 0.0291. The van der Waals surface area contributed by atoms with Crippen LogP contribution in [0.15, 0.2) is 30.3 Å². The zero-order valence-corrected chi connectivity index (χ0v) is 17.5. The molecule has 3 fully saturated rings. The summed E-state index contributed by atoms with van der Waals surface area (Å²) in [6.45, 7) is 4.06. The summed E-state index contributed by atoms with van der Waals surface area (Å²) in [5.41, 5.74) is 2.08. The number of urea groups is 1. The van der Waals surface area contributed by atoms with Gasteiger partial charge in [-0.2, -0.15) is 10.1 Å². The molecule has 1 saturated carbocycles. The SMILES string of the molecule is CCNC(=O)N1CC2CC1CN2c1nc(Nc2cc(C3CC3)[nH]n2)c2ccccc2n1. The average Bonchev–Trinajstić information content (AvgIpc) is 3.19. The van der Waals surface area contributed by atoms with Crippen molar-refractivity contribution < 1.29 is 4.79 Å². The second-order valence-corrected chi connectivity index (χ2v) is 8.68. The molecule has 2 aliphatic heterocycles. The Bertz CT molecular complexity index is 1140. The van der Waals surface area contributed by atoms with Gasteiger partial charge in [0.05, 0.1) is 17.6 Å². The third kappa shape index (κ3) is 3.24. The second-order valence-electron chi connectivity index (χ2n) is 8.68. The molecule has 4 heterocycles. The van der Waals surface area contributed by atoms with Gasteiger partial charge in [-0.15, -0.1) is 0 Å². The summed E-state index contributed by atoms with van der Waals surface area (Å²) in [5, 5.41) is 14.9. The van der Waals surface area contributed by atoms with Crippen LogP contribution in [0.5, 0.6) is 0 Å². The lowest BCUT2D eigenvalue weighted by Gasteiger charge is -2.34. The van der Waals surface area contributed by atoms with Gasteiger partial charge in [0.25, 0.3) is 0 Å². The molecule has 3 aromatic rings. The first kappa shape index (κ1) is 18.4. The number of nitrogens with zero attached hydrogens (tertiary/aromatic N) is 5. The molecule has 31 heavy (non-hydrogen) atoms. The Hall–Kier alpha value is -3.36. The van der Waals surface area contributed by atoms with Gasteiger partial charge in [0.2, 0.25) is 5.95 Å². The Morgan fingerprint density at radius 1 is 1.19 bits per heavy atom. The van der Waals surface area contributed by atoms with E-state index >= 15 is 0 Å². The lowest BCUT2D eigenvalue weighted by Crippen LogP contribution is -2.52. The number of aromatic nitrogens is 4. The number of benzene rings is 1. The van der Waals surface area contributed by atoms with Gasteiger partial charge in [0, 0.05) is 42.7 Å². The maximum atomic E-state index is 12.3. The summed E-state index contributed by atoms with van der Waals surface area (Å²) in [4.78, 5) is 26.3. The first-order chi connectivity index (χ1) is 15.2. The zero-order chi connectivity index (χ0) is 20.9. The second kappa shape index (κ2) is 7.11. The first-order valence-electron chi connectivity index (χ1n) is 11.1. The number of hydrogen-bond acceptors (Lipinski definition) is 6. The highest BCUT2D eigenvalue weighted by Crippen LogP contribution is 2.40. The predicted octanol–water partition coefficient (Wildman–Crippen LogP) is 2.97. The van der Waals surface area contributed by atoms with E-state index < -0.39 is 0 Å². The van der Waals surface area contributed by atoms with E-state index in [4.69, 9.17) is 9.97 Å². The van der Waals surface area contributed by atoms with Crippen molar-refractivity contribution in [2.75, 3.05) is 29.9 Å². The maximum Gasteiger partial charge on any atom is 0.317 e. The van der Waals surface area contributed by atoms with Crippen molar-refractivity contribution >= 4 is 34.5 Å². The molecular weight excluding hydrogens is 392 g/mol. The fraction of sp³-hybridized carbons (Fsp3) is 0.455. The molecule has 2 amide bonds. The smallest absolute Gasteiger partial charge is 0.317 e. The van der Waals surface area contributed by atoms with Crippen LogP contribution in [0, 0.1) is 0 Å². The number of hydrogen-bond donors (Lipinski definition) is 3. The van der Waals surface area contributed by atoms with Crippen LogP contribution in [0.1, 0.15) is 37.8 Å². The number of aromatic amines is 1. The molecule has 2 aromatic heterocycles. The van der Waals surface area contributed by atoms with Crippen LogP contribution in [0.2, 0.25) is 0 Å². The molecule has 6 rings (SSSR count). The van der Waals surface area contributed by atoms with Crippen molar-refractivity contribution in [3.05, 3.63) is 36.0 Å². The summed E-state index contributed by atoms with van der Waals surface area (Å²) in [7, 11) is 0. The van der Waals surface area contributed by atoms with Crippen molar-refractivity contribution in [1.82, 2.24) is 30.4 Å². The topological polar surface area (TPSA) is 102 Å². The number of likely N-dealkylation sites (tertiary alicyclic amines) is 1. The van der Waals surface area contributed by atoms with Gasteiger partial charge < -0.3 is 20.4 Å². The fourth-order valence-electron chi connectivity index (χ4n) is 4.83. The third-order valence-corrected chi connectivity index (χ3v) is 6.54. The van der Waals surface area contributed by atoms with Crippen molar-refractivity contribution in [2.45, 2.75) is 44.2 Å². The van der Waals surface area contributed by atoms with Crippen LogP contribution in [-0.4, -0.2) is 62.8 Å². The van der Waals surface area contributed by atoms with E-state index in [1.165, 1.54) is 18.5 Å². The molecule has 9 nitrogen and oxygen atoms in total. The van der Waals surface area contributed by atoms with Crippen LogP contribution >= 0.6 is 0 Å². The average molecular weight is 419 g/mol. The van der Waals surface area contributed by atoms with Crippen LogP contribution < -0.4 is 15.5 Å². The van der Waals surface area contributed by atoms with E-state index in [1.807, 2.05) is 36.1 Å². The fourth-order valence-corrected chi connectivity index (χ4v) is 4.83. The number of fused-ring (bicyclic) bond motifs is 3. The minimum absolute atomic E-state index is 0.0291. The molecule has 1 aliphatic carbocycles. The Kier molecular flexibility index (Phi) is 4.22. The largest absolute Gasteiger partial charge is 0.338 e. The van der Waals surface area contributed by atoms with E-state index in [0.29, 0.717) is 25.0 Å². The van der Waals surface area contributed by atoms with Crippen molar-refractivity contribution in [3.8, 4) is 0 Å². The number of para-hydroxylation sites is 1. The van der Waals surface area contributed by atoms with E-state index in [0.717, 1.165) is 35.5 Å². The lowest BCUT2D eigenvalue weighted by molar-refractivity contribution is 0.189. The molecular formula is C22H26N8O. The Balaban J connectivity index is 1.29. The summed E-state index contributed by atoms with van der Waals surface area (Å²) in [5.74, 6) is 2.87. The number of piperazine rings is 1. The van der Waals surface area contributed by atoms with Gasteiger partial charge in [0.1, 0.15) is 5.82 Å². The highest BCUT2D eigenvalue weighted by atomic mass is 16.2. The maximum absolute atomic E-state index is 12.3. The zero-order valence-electron chi connectivity index (χ0n) is 17.5. The van der Waals surface area contributed by atoms with Gasteiger partial charge in [-0.25, -0.2) is 9.78 Å². The predicted molar refractivity (Wildman–Crippen MR) is 119 cm³/mol. The Morgan fingerprint density at radius 2 is 2.06 bits per heavy atom. The molecule has 3 N–H and O–H groups in total. The molecule has 9 heteroatoms. The highest BCUT2D eigenvalue weighted by molar-refractivity contribution is 5.91. The number of carbonyl (C=O) groups is 1. The van der Waals surface area contributed by atoms with Gasteiger partial charge >= 0.3 is 6.03 Å². The molecule has 160 valence electrons. The molecule has 2 atom stereocenters. The number of amides is 2. The molecule has 3 aliphatic rings. The Labute approximate surface area is 180 Å². The minimum Gasteiger partial charge on any atom is -0.338 e. The van der Waals surface area contributed by atoms with Gasteiger partial charge in [-0.05, 0) is 38.3 Å². The monoisotopic (exact) mass is 418 g/mol. The summed E-state index contributed by atoms with van der Waals surface area (Å²) in [6.07, 6.45) is 3.42. The normalized spacial score (nSPS) is 22.4. The molecule has 2 unspecified atom stereocenters. The quantitative estimate of drug-likeness (QED) is 0.589. The van der Waals surface area contributed by atoms with E-state index in [-0.39, 0.29) is 18.1 Å². The number of rotatable bonds is 5. The molecule has 2 bridgehead atoms. The lowest BCUT2D eigenvalue weighted by atomic mass is 10.2. The van der Waals surface area contributed by atoms with Crippen LogP contribution in [0.25, 0.3) is 10.9 Å².